The molecule has 0 aromatic heterocycles. The Balaban J connectivity index is 1.40. The number of halogens is 1. The molecule has 4 nitrogen and oxygen atoms in total. The fourth-order valence-electron chi connectivity index (χ4n) is 3.97. The summed E-state index contributed by atoms with van der Waals surface area (Å²) >= 11 is 6.28. The van der Waals surface area contributed by atoms with Crippen LogP contribution in [0.1, 0.15) is 28.7 Å². The molecule has 2 aliphatic rings. The fourth-order valence-corrected chi connectivity index (χ4v) is 4.33. The number of amides is 2. The second-order valence-corrected chi connectivity index (χ2v) is 8.06. The van der Waals surface area contributed by atoms with E-state index in [0.29, 0.717) is 23.7 Å². The van der Waals surface area contributed by atoms with Crippen LogP contribution in [0.3, 0.4) is 0 Å². The number of hydrogen-bond donors (Lipinski definition) is 1. The van der Waals surface area contributed by atoms with Crippen molar-refractivity contribution in [1.82, 2.24) is 4.90 Å². The van der Waals surface area contributed by atoms with Crippen molar-refractivity contribution in [3.05, 3.63) is 63.7 Å². The van der Waals surface area contributed by atoms with Gasteiger partial charge in [-0.15, -0.1) is 0 Å². The predicted molar refractivity (Wildman–Crippen MR) is 107 cm³/mol. The second kappa shape index (κ2) is 7.01. The van der Waals surface area contributed by atoms with Crippen LogP contribution >= 0.6 is 11.6 Å². The summed E-state index contributed by atoms with van der Waals surface area (Å²) in [6, 6.07) is 12.1. The van der Waals surface area contributed by atoms with Crippen molar-refractivity contribution in [3.8, 4) is 0 Å². The van der Waals surface area contributed by atoms with Crippen LogP contribution in [0.2, 0.25) is 5.02 Å². The number of anilines is 1. The average molecular weight is 383 g/mol. The third-order valence-corrected chi connectivity index (χ3v) is 5.86. The molecule has 5 heteroatoms. The molecule has 1 aliphatic carbocycles. The van der Waals surface area contributed by atoms with E-state index < -0.39 is 0 Å². The van der Waals surface area contributed by atoms with Gasteiger partial charge in [0.1, 0.15) is 0 Å². The third-order valence-electron chi connectivity index (χ3n) is 5.57. The largest absolute Gasteiger partial charge is 0.338 e. The Morgan fingerprint density at radius 2 is 1.85 bits per heavy atom. The lowest BCUT2D eigenvalue weighted by Gasteiger charge is -2.29. The zero-order valence-electron chi connectivity index (χ0n) is 15.6. The Bertz CT molecular complexity index is 901. The summed E-state index contributed by atoms with van der Waals surface area (Å²) in [5, 5.41) is 3.47. The number of nitrogens with one attached hydrogen (secondary N) is 1. The van der Waals surface area contributed by atoms with Crippen LogP contribution in [0.4, 0.5) is 5.69 Å². The summed E-state index contributed by atoms with van der Waals surface area (Å²) in [6.45, 7) is 5.26. The summed E-state index contributed by atoms with van der Waals surface area (Å²) in [4.78, 5) is 27.3. The first kappa shape index (κ1) is 18.1. The molecular formula is C22H23ClN2O2. The van der Waals surface area contributed by atoms with Gasteiger partial charge in [0.25, 0.3) is 0 Å². The van der Waals surface area contributed by atoms with Gasteiger partial charge < -0.3 is 10.2 Å². The second-order valence-electron chi connectivity index (χ2n) is 7.66. The van der Waals surface area contributed by atoms with Crippen LogP contribution in [0.25, 0.3) is 0 Å². The lowest BCUT2D eigenvalue weighted by molar-refractivity contribution is -0.135. The minimum absolute atomic E-state index is 0.0939. The lowest BCUT2D eigenvalue weighted by atomic mass is 9.99. The molecular weight excluding hydrogens is 360 g/mol. The quantitative estimate of drug-likeness (QED) is 0.868. The highest BCUT2D eigenvalue weighted by Gasteiger charge is 2.49. The molecule has 140 valence electrons. The molecule has 27 heavy (non-hydrogen) atoms. The number of benzene rings is 2. The molecule has 4 rings (SSSR count). The molecule has 0 bridgehead atoms. The van der Waals surface area contributed by atoms with Gasteiger partial charge in [-0.25, -0.2) is 0 Å². The zero-order valence-corrected chi connectivity index (χ0v) is 16.3. The number of aryl methyl sites for hydroxylation is 2. The van der Waals surface area contributed by atoms with Crippen LogP contribution in [0.5, 0.6) is 0 Å². The van der Waals surface area contributed by atoms with Crippen LogP contribution in [-0.4, -0.2) is 23.3 Å². The summed E-state index contributed by atoms with van der Waals surface area (Å²) in [6.07, 6.45) is 1.50. The van der Waals surface area contributed by atoms with E-state index in [1.54, 1.807) is 0 Å². The number of nitrogens with zero attached hydrogens (tertiary/aromatic N) is 1. The summed E-state index contributed by atoms with van der Waals surface area (Å²) in [7, 11) is 0. The van der Waals surface area contributed by atoms with Gasteiger partial charge >= 0.3 is 0 Å². The summed E-state index contributed by atoms with van der Waals surface area (Å²) < 4.78 is 0. The maximum absolute atomic E-state index is 12.8. The summed E-state index contributed by atoms with van der Waals surface area (Å²) in [5.41, 5.74) is 5.17. The molecule has 0 saturated heterocycles. The fraction of sp³-hybridized carbons (Fsp3) is 0.364. The van der Waals surface area contributed by atoms with Gasteiger partial charge in [0.05, 0.1) is 22.5 Å². The van der Waals surface area contributed by atoms with E-state index in [0.717, 1.165) is 24.1 Å². The molecule has 2 unspecified atom stereocenters. The maximum Gasteiger partial charge on any atom is 0.228 e. The monoisotopic (exact) mass is 382 g/mol. The Morgan fingerprint density at radius 3 is 2.59 bits per heavy atom. The van der Waals surface area contributed by atoms with E-state index in [9.17, 15) is 9.59 Å². The molecule has 1 saturated carbocycles. The van der Waals surface area contributed by atoms with Gasteiger partial charge in [0.2, 0.25) is 11.8 Å². The first-order valence-corrected chi connectivity index (χ1v) is 9.75. The van der Waals surface area contributed by atoms with Crippen molar-refractivity contribution in [2.45, 2.75) is 33.2 Å². The average Bonchev–Trinajstić information content (AvgIpc) is 3.44. The number of hydrogen-bond acceptors (Lipinski definition) is 2. The minimum atomic E-state index is -0.258. The van der Waals surface area contributed by atoms with Crippen molar-refractivity contribution in [1.29, 1.82) is 0 Å². The van der Waals surface area contributed by atoms with Gasteiger partial charge in [-0.05, 0) is 55.0 Å². The molecule has 2 amide bonds. The Hall–Kier alpha value is -2.33. The van der Waals surface area contributed by atoms with E-state index in [4.69, 9.17) is 11.6 Å². The molecule has 2 aromatic carbocycles. The van der Waals surface area contributed by atoms with E-state index in [1.165, 1.54) is 11.1 Å². The molecule has 2 aromatic rings. The standard InChI is InChI=1S/C22H23ClN2O2/c1-13-9-14(2)20(19(23)10-13)24-21(26)17-11-18(17)22(27)25-8-7-15-5-3-4-6-16(15)12-25/h3-6,9-10,17-18H,7-8,11-12H2,1-2H3,(H,24,26). The van der Waals surface area contributed by atoms with Crippen molar-refractivity contribution < 1.29 is 9.59 Å². The van der Waals surface area contributed by atoms with Gasteiger partial charge in [-0.2, -0.15) is 0 Å². The Morgan fingerprint density at radius 1 is 1.11 bits per heavy atom. The van der Waals surface area contributed by atoms with E-state index in [2.05, 4.69) is 17.4 Å². The zero-order chi connectivity index (χ0) is 19.1. The van der Waals surface area contributed by atoms with Gasteiger partial charge in [0.15, 0.2) is 0 Å². The lowest BCUT2D eigenvalue weighted by Crippen LogP contribution is -2.37. The van der Waals surface area contributed by atoms with Crippen LogP contribution in [0.15, 0.2) is 36.4 Å². The number of carbonyl (C=O) groups excluding carboxylic acids is 2. The van der Waals surface area contributed by atoms with Crippen LogP contribution < -0.4 is 5.32 Å². The SMILES string of the molecule is Cc1cc(C)c(NC(=O)C2CC2C(=O)N2CCc3ccccc3C2)c(Cl)c1. The highest BCUT2D eigenvalue weighted by Crippen LogP contribution is 2.42. The molecule has 0 spiro atoms. The van der Waals surface area contributed by atoms with Gasteiger partial charge in [-0.3, -0.25) is 9.59 Å². The van der Waals surface area contributed by atoms with Crippen LogP contribution in [-0.2, 0) is 22.6 Å². The Labute approximate surface area is 164 Å². The first-order chi connectivity index (χ1) is 12.9. The van der Waals surface area contributed by atoms with Crippen molar-refractivity contribution in [2.75, 3.05) is 11.9 Å². The third kappa shape index (κ3) is 3.59. The van der Waals surface area contributed by atoms with Gasteiger partial charge in [0, 0.05) is 13.1 Å². The summed E-state index contributed by atoms with van der Waals surface area (Å²) in [5.74, 6) is -0.484. The molecule has 1 N–H and O–H groups in total. The predicted octanol–water partition coefficient (Wildman–Crippen LogP) is 4.12. The maximum atomic E-state index is 12.8. The molecule has 0 radical (unpaired) electrons. The number of rotatable bonds is 3. The Kier molecular flexibility index (Phi) is 4.68. The molecule has 1 fully saturated rings. The molecule has 2 atom stereocenters. The normalized spacial score (nSPS) is 20.8. The topological polar surface area (TPSA) is 49.4 Å². The van der Waals surface area contributed by atoms with Crippen molar-refractivity contribution in [2.24, 2.45) is 11.8 Å². The highest BCUT2D eigenvalue weighted by atomic mass is 35.5. The number of carbonyl (C=O) groups is 2. The minimum Gasteiger partial charge on any atom is -0.338 e. The van der Waals surface area contributed by atoms with Crippen molar-refractivity contribution in [3.63, 3.8) is 0 Å². The van der Waals surface area contributed by atoms with Gasteiger partial charge in [-0.1, -0.05) is 41.9 Å². The van der Waals surface area contributed by atoms with Crippen molar-refractivity contribution >= 4 is 29.1 Å². The molecule has 1 aliphatic heterocycles. The van der Waals surface area contributed by atoms with E-state index >= 15 is 0 Å². The smallest absolute Gasteiger partial charge is 0.228 e. The number of fused-ring (bicyclic) bond motifs is 1. The van der Waals surface area contributed by atoms with Crippen LogP contribution in [0, 0.1) is 25.7 Å². The van der Waals surface area contributed by atoms with E-state index in [1.807, 2.05) is 43.0 Å². The first-order valence-electron chi connectivity index (χ1n) is 9.37. The highest BCUT2D eigenvalue weighted by molar-refractivity contribution is 6.34. The van der Waals surface area contributed by atoms with E-state index in [-0.39, 0.29) is 23.7 Å². The molecule has 1 heterocycles.